The maximum atomic E-state index is 13.3. The minimum absolute atomic E-state index is 0.0674. The lowest BCUT2D eigenvalue weighted by Crippen LogP contribution is -2.15. The number of carbonyl (C=O) groups excluding carboxylic acids is 1. The predicted octanol–water partition coefficient (Wildman–Crippen LogP) is 5.11. The Balaban J connectivity index is 1.26. The molecule has 4 rings (SSSR count). The number of nitrogens with zero attached hydrogens (tertiary/aromatic N) is 3. The molecule has 0 spiro atoms. The zero-order chi connectivity index (χ0) is 26.0. The summed E-state index contributed by atoms with van der Waals surface area (Å²) in [7, 11) is 4.11. The molecule has 0 fully saturated rings. The van der Waals surface area contributed by atoms with E-state index in [2.05, 4.69) is 34.3 Å². The van der Waals surface area contributed by atoms with Crippen molar-refractivity contribution in [2.45, 2.75) is 25.7 Å². The van der Waals surface area contributed by atoms with Crippen molar-refractivity contribution in [3.8, 4) is 5.75 Å². The quantitative estimate of drug-likeness (QED) is 0.258. The highest BCUT2D eigenvalue weighted by molar-refractivity contribution is 5.89. The van der Waals surface area contributed by atoms with Gasteiger partial charge in [-0.3, -0.25) is 4.79 Å². The lowest BCUT2D eigenvalue weighted by molar-refractivity contribution is -0.117. The standard InChI is InChI=1S/C30H33FN4O2/c1-35(2)15-4-16-37-27-11-12-28-29(20-27)33-21-34-30(28)32-14-13-22-7-9-23(10-8-22)18-26(36)19-24-5-3-6-25(31)17-24/h3,5-12,17,20-21H,4,13-16,18-19H2,1-2H3,(H,32,33,34). The molecule has 1 aromatic heterocycles. The van der Waals surface area contributed by atoms with Crippen molar-refractivity contribution in [3.63, 3.8) is 0 Å². The molecule has 1 N–H and O–H groups in total. The van der Waals surface area contributed by atoms with Gasteiger partial charge in [-0.1, -0.05) is 36.4 Å². The van der Waals surface area contributed by atoms with E-state index in [1.54, 1.807) is 18.5 Å². The monoisotopic (exact) mass is 500 g/mol. The third-order valence-corrected chi connectivity index (χ3v) is 6.05. The average Bonchev–Trinajstić information content (AvgIpc) is 2.87. The molecule has 0 unspecified atom stereocenters. The molecule has 0 radical (unpaired) electrons. The maximum absolute atomic E-state index is 13.3. The van der Waals surface area contributed by atoms with Gasteiger partial charge in [0.15, 0.2) is 0 Å². The van der Waals surface area contributed by atoms with Gasteiger partial charge in [0, 0.05) is 37.4 Å². The molecule has 192 valence electrons. The Kier molecular flexibility index (Phi) is 9.16. The SMILES string of the molecule is CN(C)CCCOc1ccc2c(NCCc3ccc(CC(=O)Cc4cccc(F)c4)cc3)ncnc2c1. The number of aromatic nitrogens is 2. The first kappa shape index (κ1) is 26.2. The van der Waals surface area contributed by atoms with Gasteiger partial charge in [-0.15, -0.1) is 0 Å². The predicted molar refractivity (Wildman–Crippen MR) is 146 cm³/mol. The van der Waals surface area contributed by atoms with E-state index >= 15 is 0 Å². The number of nitrogens with one attached hydrogen (secondary N) is 1. The van der Waals surface area contributed by atoms with Gasteiger partial charge in [-0.2, -0.15) is 0 Å². The van der Waals surface area contributed by atoms with E-state index in [0.717, 1.165) is 47.4 Å². The van der Waals surface area contributed by atoms with Crippen LogP contribution in [0.3, 0.4) is 0 Å². The van der Waals surface area contributed by atoms with Crippen LogP contribution in [0.25, 0.3) is 10.9 Å². The molecule has 7 heteroatoms. The second-order valence-electron chi connectivity index (χ2n) is 9.42. The number of carbonyl (C=O) groups is 1. The van der Waals surface area contributed by atoms with Crippen LogP contribution in [-0.4, -0.2) is 54.4 Å². The van der Waals surface area contributed by atoms with Crippen molar-refractivity contribution in [2.75, 3.05) is 39.1 Å². The van der Waals surface area contributed by atoms with Crippen molar-refractivity contribution < 1.29 is 13.9 Å². The van der Waals surface area contributed by atoms with Gasteiger partial charge in [-0.05, 0) is 67.9 Å². The summed E-state index contributed by atoms with van der Waals surface area (Å²) in [5.41, 5.74) is 3.67. The molecule has 4 aromatic rings. The van der Waals surface area contributed by atoms with Gasteiger partial charge in [0.1, 0.15) is 29.5 Å². The van der Waals surface area contributed by atoms with Crippen molar-refractivity contribution in [1.29, 1.82) is 0 Å². The Morgan fingerprint density at radius 1 is 0.946 bits per heavy atom. The Morgan fingerprint density at radius 2 is 1.73 bits per heavy atom. The van der Waals surface area contributed by atoms with Crippen molar-refractivity contribution >= 4 is 22.5 Å². The van der Waals surface area contributed by atoms with Gasteiger partial charge in [0.05, 0.1) is 12.1 Å². The van der Waals surface area contributed by atoms with Crippen LogP contribution in [-0.2, 0) is 24.1 Å². The molecule has 1 heterocycles. The summed E-state index contributed by atoms with van der Waals surface area (Å²) < 4.78 is 19.2. The van der Waals surface area contributed by atoms with E-state index in [4.69, 9.17) is 4.74 Å². The number of anilines is 1. The normalized spacial score (nSPS) is 11.1. The fourth-order valence-electron chi connectivity index (χ4n) is 4.15. The fourth-order valence-corrected chi connectivity index (χ4v) is 4.15. The van der Waals surface area contributed by atoms with Gasteiger partial charge >= 0.3 is 0 Å². The number of ether oxygens (including phenoxy) is 1. The van der Waals surface area contributed by atoms with E-state index in [-0.39, 0.29) is 18.0 Å². The number of halogens is 1. The van der Waals surface area contributed by atoms with Crippen molar-refractivity contribution in [3.05, 3.63) is 95.6 Å². The van der Waals surface area contributed by atoms with Crippen molar-refractivity contribution in [2.24, 2.45) is 0 Å². The smallest absolute Gasteiger partial charge is 0.141 e. The average molecular weight is 501 g/mol. The van der Waals surface area contributed by atoms with Gasteiger partial charge in [0.25, 0.3) is 0 Å². The van der Waals surface area contributed by atoms with Gasteiger partial charge in [-0.25, -0.2) is 14.4 Å². The first-order valence-electron chi connectivity index (χ1n) is 12.6. The number of ketones is 1. The first-order chi connectivity index (χ1) is 18.0. The Hall–Kier alpha value is -3.84. The molecule has 0 bridgehead atoms. The van der Waals surface area contributed by atoms with Crippen molar-refractivity contribution in [1.82, 2.24) is 14.9 Å². The molecular formula is C30H33FN4O2. The van der Waals surface area contributed by atoms with Crippen LogP contribution in [0.2, 0.25) is 0 Å². The van der Waals surface area contributed by atoms with E-state index < -0.39 is 0 Å². The topological polar surface area (TPSA) is 67.3 Å². The van der Waals surface area contributed by atoms with E-state index in [1.165, 1.54) is 17.7 Å². The lowest BCUT2D eigenvalue weighted by atomic mass is 10.0. The summed E-state index contributed by atoms with van der Waals surface area (Å²) in [5.74, 6) is 1.36. The zero-order valence-electron chi connectivity index (χ0n) is 21.4. The molecule has 0 saturated carbocycles. The Bertz CT molecular complexity index is 1320. The number of Topliss-reactive ketones (excluding diaryl/α,β-unsaturated/α-hetero) is 1. The van der Waals surface area contributed by atoms with Crippen LogP contribution >= 0.6 is 0 Å². The summed E-state index contributed by atoms with van der Waals surface area (Å²) in [6, 6.07) is 20.2. The van der Waals surface area contributed by atoms with E-state index in [1.807, 2.05) is 42.5 Å². The summed E-state index contributed by atoms with van der Waals surface area (Å²) in [4.78, 5) is 23.3. The van der Waals surface area contributed by atoms with Crippen LogP contribution < -0.4 is 10.1 Å². The largest absolute Gasteiger partial charge is 0.493 e. The Labute approximate surface area is 217 Å². The molecule has 37 heavy (non-hydrogen) atoms. The first-order valence-corrected chi connectivity index (χ1v) is 12.6. The molecule has 3 aromatic carbocycles. The highest BCUT2D eigenvalue weighted by atomic mass is 19.1. The number of hydrogen-bond donors (Lipinski definition) is 1. The maximum Gasteiger partial charge on any atom is 0.141 e. The highest BCUT2D eigenvalue weighted by Crippen LogP contribution is 2.24. The molecule has 0 amide bonds. The zero-order valence-corrected chi connectivity index (χ0v) is 21.4. The summed E-state index contributed by atoms with van der Waals surface area (Å²) >= 11 is 0. The Morgan fingerprint density at radius 3 is 2.51 bits per heavy atom. The molecule has 0 aliphatic heterocycles. The highest BCUT2D eigenvalue weighted by Gasteiger charge is 2.08. The molecular weight excluding hydrogens is 467 g/mol. The molecule has 0 aliphatic rings. The summed E-state index contributed by atoms with van der Waals surface area (Å²) in [6.45, 7) is 2.37. The summed E-state index contributed by atoms with van der Waals surface area (Å²) in [6.07, 6.45) is 3.92. The number of hydrogen-bond acceptors (Lipinski definition) is 6. The fraction of sp³-hybridized carbons (Fsp3) is 0.300. The van der Waals surface area contributed by atoms with E-state index in [0.29, 0.717) is 25.1 Å². The molecule has 0 aliphatic carbocycles. The molecule has 6 nitrogen and oxygen atoms in total. The second-order valence-corrected chi connectivity index (χ2v) is 9.42. The number of benzene rings is 3. The van der Waals surface area contributed by atoms with Crippen LogP contribution in [0, 0.1) is 5.82 Å². The third-order valence-electron chi connectivity index (χ3n) is 6.05. The minimum atomic E-state index is -0.317. The van der Waals surface area contributed by atoms with Crippen LogP contribution in [0.1, 0.15) is 23.1 Å². The minimum Gasteiger partial charge on any atom is -0.493 e. The second kappa shape index (κ2) is 12.9. The van der Waals surface area contributed by atoms with Crippen LogP contribution in [0.15, 0.2) is 73.1 Å². The molecule has 0 saturated heterocycles. The van der Waals surface area contributed by atoms with Gasteiger partial charge < -0.3 is 15.0 Å². The van der Waals surface area contributed by atoms with E-state index in [9.17, 15) is 9.18 Å². The lowest BCUT2D eigenvalue weighted by Gasteiger charge is -2.12. The van der Waals surface area contributed by atoms with Crippen LogP contribution in [0.5, 0.6) is 5.75 Å². The van der Waals surface area contributed by atoms with Crippen LogP contribution in [0.4, 0.5) is 10.2 Å². The summed E-state index contributed by atoms with van der Waals surface area (Å²) in [5, 5.41) is 4.37. The third kappa shape index (κ3) is 8.08. The number of fused-ring (bicyclic) bond motifs is 1. The molecule has 0 atom stereocenters. The van der Waals surface area contributed by atoms with Gasteiger partial charge in [0.2, 0.25) is 0 Å². The number of rotatable bonds is 13.